The number of rotatable bonds is 7. The van der Waals surface area contributed by atoms with Crippen molar-refractivity contribution < 1.29 is 18.3 Å². The quantitative estimate of drug-likeness (QED) is 0.784. The fourth-order valence-corrected chi connectivity index (χ4v) is 4.01. The van der Waals surface area contributed by atoms with Crippen LogP contribution in [0.1, 0.15) is 31.7 Å². The first-order valence-corrected chi connectivity index (χ1v) is 8.44. The summed E-state index contributed by atoms with van der Waals surface area (Å²) < 4.78 is 24.8. The summed E-state index contributed by atoms with van der Waals surface area (Å²) in [5.41, 5.74) is 0.914. The Labute approximate surface area is 124 Å². The number of carboxylic acid groups (broad SMARTS) is 1. The predicted molar refractivity (Wildman–Crippen MR) is 79.0 cm³/mol. The van der Waals surface area contributed by atoms with Crippen molar-refractivity contribution in [2.45, 2.75) is 48.6 Å². The fourth-order valence-electron chi connectivity index (χ4n) is 1.92. The molecule has 0 aliphatic heterocycles. The van der Waals surface area contributed by atoms with Crippen LogP contribution >= 0.6 is 11.6 Å². The molecule has 0 heterocycles. The molecule has 1 N–H and O–H groups in total. The maximum absolute atomic E-state index is 12.4. The van der Waals surface area contributed by atoms with E-state index in [1.54, 1.807) is 12.1 Å². The molecule has 0 bridgehead atoms. The molecule has 2 unspecified atom stereocenters. The van der Waals surface area contributed by atoms with Gasteiger partial charge in [0.25, 0.3) is 0 Å². The van der Waals surface area contributed by atoms with Gasteiger partial charge in [-0.05, 0) is 31.9 Å². The first-order valence-electron chi connectivity index (χ1n) is 6.46. The average Bonchev–Trinajstić information content (AvgIpc) is 2.36. The monoisotopic (exact) mass is 318 g/mol. The van der Waals surface area contributed by atoms with Crippen LogP contribution in [0.5, 0.6) is 0 Å². The standard InChI is InChI=1S/C14H19ClO4S/c1-3-4-11(15)9-13(14(16)17)20(18,19)12-7-5-10(2)6-8-12/h5-8,11,13H,3-4,9H2,1-2H3,(H,16,17). The van der Waals surface area contributed by atoms with E-state index >= 15 is 0 Å². The van der Waals surface area contributed by atoms with Crippen molar-refractivity contribution in [1.29, 1.82) is 0 Å². The third-order valence-corrected chi connectivity index (χ3v) is 5.54. The van der Waals surface area contributed by atoms with Crippen LogP contribution < -0.4 is 0 Å². The minimum absolute atomic E-state index is 0.0239. The van der Waals surface area contributed by atoms with E-state index in [-0.39, 0.29) is 11.3 Å². The summed E-state index contributed by atoms with van der Waals surface area (Å²) in [5.74, 6) is -1.35. The minimum Gasteiger partial charge on any atom is -0.480 e. The number of aliphatic carboxylic acids is 1. The summed E-state index contributed by atoms with van der Waals surface area (Å²) >= 11 is 6.01. The molecule has 1 rings (SSSR count). The molecule has 0 aliphatic rings. The highest BCUT2D eigenvalue weighted by Crippen LogP contribution is 2.23. The van der Waals surface area contributed by atoms with Crippen molar-refractivity contribution in [3.63, 3.8) is 0 Å². The van der Waals surface area contributed by atoms with Crippen molar-refractivity contribution in [1.82, 2.24) is 0 Å². The Bertz CT molecular complexity index is 551. The zero-order chi connectivity index (χ0) is 15.3. The molecule has 0 spiro atoms. The summed E-state index contributed by atoms with van der Waals surface area (Å²) in [7, 11) is -3.91. The van der Waals surface area contributed by atoms with E-state index in [0.29, 0.717) is 6.42 Å². The number of sulfone groups is 1. The Morgan fingerprint density at radius 3 is 2.30 bits per heavy atom. The molecule has 0 amide bonds. The van der Waals surface area contributed by atoms with Gasteiger partial charge in [-0.3, -0.25) is 4.79 Å². The van der Waals surface area contributed by atoms with Gasteiger partial charge in [0, 0.05) is 5.38 Å². The van der Waals surface area contributed by atoms with Crippen molar-refractivity contribution in [3.8, 4) is 0 Å². The number of hydrogen-bond acceptors (Lipinski definition) is 3. The van der Waals surface area contributed by atoms with Crippen molar-refractivity contribution in [2.24, 2.45) is 0 Å². The molecule has 4 nitrogen and oxygen atoms in total. The predicted octanol–water partition coefficient (Wildman–Crippen LogP) is 3.02. The molecule has 112 valence electrons. The Morgan fingerprint density at radius 2 is 1.85 bits per heavy atom. The van der Waals surface area contributed by atoms with Crippen LogP contribution in [-0.4, -0.2) is 30.1 Å². The summed E-state index contributed by atoms with van der Waals surface area (Å²) in [6.45, 7) is 3.75. The van der Waals surface area contributed by atoms with Crippen LogP contribution in [0.25, 0.3) is 0 Å². The van der Waals surface area contributed by atoms with Gasteiger partial charge >= 0.3 is 5.97 Å². The van der Waals surface area contributed by atoms with Gasteiger partial charge < -0.3 is 5.11 Å². The lowest BCUT2D eigenvalue weighted by molar-refractivity contribution is -0.136. The van der Waals surface area contributed by atoms with E-state index in [9.17, 15) is 18.3 Å². The molecule has 2 atom stereocenters. The first-order chi connectivity index (χ1) is 9.28. The van der Waals surface area contributed by atoms with E-state index in [1.165, 1.54) is 12.1 Å². The summed E-state index contributed by atoms with van der Waals surface area (Å²) in [6.07, 6.45) is 1.29. The first kappa shape index (κ1) is 17.0. The number of carbonyl (C=O) groups is 1. The van der Waals surface area contributed by atoms with E-state index < -0.39 is 26.4 Å². The molecule has 0 radical (unpaired) electrons. The SMILES string of the molecule is CCCC(Cl)CC(C(=O)O)S(=O)(=O)c1ccc(C)cc1. The summed E-state index contributed by atoms with van der Waals surface area (Å²) in [6, 6.07) is 6.17. The third-order valence-electron chi connectivity index (χ3n) is 3.07. The highest BCUT2D eigenvalue weighted by atomic mass is 35.5. The van der Waals surface area contributed by atoms with Gasteiger partial charge in [0.05, 0.1) is 4.90 Å². The number of benzene rings is 1. The van der Waals surface area contributed by atoms with Crippen LogP contribution in [0.3, 0.4) is 0 Å². The second kappa shape index (κ2) is 7.09. The third kappa shape index (κ3) is 4.21. The smallest absolute Gasteiger partial charge is 0.322 e. The van der Waals surface area contributed by atoms with Gasteiger partial charge in [0.1, 0.15) is 0 Å². The Balaban J connectivity index is 3.06. The lowest BCUT2D eigenvalue weighted by atomic mass is 10.1. The topological polar surface area (TPSA) is 71.4 Å². The Kier molecular flexibility index (Phi) is 6.02. The highest BCUT2D eigenvalue weighted by molar-refractivity contribution is 7.92. The van der Waals surface area contributed by atoms with E-state index in [0.717, 1.165) is 12.0 Å². The van der Waals surface area contributed by atoms with Gasteiger partial charge in [-0.25, -0.2) is 8.42 Å². The van der Waals surface area contributed by atoms with E-state index in [4.69, 9.17) is 11.6 Å². The maximum atomic E-state index is 12.4. The van der Waals surface area contributed by atoms with Crippen LogP contribution in [-0.2, 0) is 14.6 Å². The van der Waals surface area contributed by atoms with Crippen LogP contribution in [0.2, 0.25) is 0 Å². The van der Waals surface area contributed by atoms with Gasteiger partial charge in [-0.15, -0.1) is 11.6 Å². The van der Waals surface area contributed by atoms with E-state index in [2.05, 4.69) is 0 Å². The molecule has 0 saturated carbocycles. The molecule has 1 aromatic carbocycles. The van der Waals surface area contributed by atoms with Crippen molar-refractivity contribution >= 4 is 27.4 Å². The molecular weight excluding hydrogens is 300 g/mol. The average molecular weight is 319 g/mol. The number of carboxylic acids is 1. The van der Waals surface area contributed by atoms with Gasteiger partial charge in [-0.2, -0.15) is 0 Å². The Hall–Kier alpha value is -1.07. The summed E-state index contributed by atoms with van der Waals surface area (Å²) in [5, 5.41) is 7.25. The molecule has 0 aliphatic carbocycles. The normalized spacial score (nSPS) is 14.8. The lowest BCUT2D eigenvalue weighted by Crippen LogP contribution is -2.32. The number of aryl methyl sites for hydroxylation is 1. The number of hydrogen-bond donors (Lipinski definition) is 1. The summed E-state index contributed by atoms with van der Waals surface area (Å²) in [4.78, 5) is 11.3. The zero-order valence-electron chi connectivity index (χ0n) is 11.5. The van der Waals surface area contributed by atoms with Crippen LogP contribution in [0.15, 0.2) is 29.2 Å². The van der Waals surface area contributed by atoms with Crippen LogP contribution in [0.4, 0.5) is 0 Å². The highest BCUT2D eigenvalue weighted by Gasteiger charge is 2.35. The van der Waals surface area contributed by atoms with Crippen molar-refractivity contribution in [3.05, 3.63) is 29.8 Å². The molecule has 0 saturated heterocycles. The van der Waals surface area contributed by atoms with Gasteiger partial charge in [0.15, 0.2) is 15.1 Å². The molecule has 0 fully saturated rings. The lowest BCUT2D eigenvalue weighted by Gasteiger charge is -2.16. The van der Waals surface area contributed by atoms with Gasteiger partial charge in [0.2, 0.25) is 0 Å². The number of alkyl halides is 1. The molecule has 1 aromatic rings. The van der Waals surface area contributed by atoms with Crippen molar-refractivity contribution in [2.75, 3.05) is 0 Å². The molecule has 6 heteroatoms. The number of halogens is 1. The minimum atomic E-state index is -3.91. The van der Waals surface area contributed by atoms with E-state index in [1.807, 2.05) is 13.8 Å². The second-order valence-electron chi connectivity index (χ2n) is 4.81. The zero-order valence-corrected chi connectivity index (χ0v) is 13.1. The molecule has 20 heavy (non-hydrogen) atoms. The second-order valence-corrected chi connectivity index (χ2v) is 7.55. The fraction of sp³-hybridized carbons (Fsp3) is 0.500. The van der Waals surface area contributed by atoms with Gasteiger partial charge in [-0.1, -0.05) is 31.0 Å². The molecule has 0 aromatic heterocycles. The Morgan fingerprint density at radius 1 is 1.30 bits per heavy atom. The largest absolute Gasteiger partial charge is 0.480 e. The van der Waals surface area contributed by atoms with Crippen LogP contribution in [0, 0.1) is 6.92 Å². The maximum Gasteiger partial charge on any atom is 0.322 e. The molecular formula is C14H19ClO4S.